The van der Waals surface area contributed by atoms with Crippen molar-refractivity contribution in [2.45, 2.75) is 13.0 Å². The Morgan fingerprint density at radius 2 is 1.45 bits per heavy atom. The second-order valence-electron chi connectivity index (χ2n) is 7.34. The Morgan fingerprint density at radius 1 is 0.774 bits per heavy atom. The number of pyridine rings is 1. The van der Waals surface area contributed by atoms with E-state index in [0.717, 1.165) is 34.0 Å². The molecular formula is C23H18N8. The fraction of sp³-hybridized carbons (Fsp3) is 0.0870. The van der Waals surface area contributed by atoms with Crippen LogP contribution in [0.1, 0.15) is 22.9 Å². The molecule has 0 saturated heterocycles. The third kappa shape index (κ3) is 2.72. The lowest BCUT2D eigenvalue weighted by atomic mass is 9.98. The van der Waals surface area contributed by atoms with Crippen molar-refractivity contribution in [3.05, 3.63) is 102 Å². The van der Waals surface area contributed by atoms with E-state index in [-0.39, 0.29) is 6.04 Å². The first-order valence-electron chi connectivity index (χ1n) is 10.0. The van der Waals surface area contributed by atoms with Crippen molar-refractivity contribution in [1.82, 2.24) is 19.8 Å². The molecule has 0 N–H and O–H groups in total. The molecule has 4 aromatic rings. The zero-order valence-corrected chi connectivity index (χ0v) is 16.7. The zero-order chi connectivity index (χ0) is 20.8. The van der Waals surface area contributed by atoms with Crippen molar-refractivity contribution in [1.29, 1.82) is 0 Å². The number of guanidine groups is 1. The van der Waals surface area contributed by atoms with E-state index in [1.54, 1.807) is 17.4 Å². The summed E-state index contributed by atoms with van der Waals surface area (Å²) in [5, 5.41) is 17.4. The number of aliphatic imine (C=N–C) groups is 1. The van der Waals surface area contributed by atoms with Crippen molar-refractivity contribution in [3.63, 3.8) is 0 Å². The van der Waals surface area contributed by atoms with E-state index >= 15 is 0 Å². The van der Waals surface area contributed by atoms with Crippen LogP contribution >= 0.6 is 0 Å². The monoisotopic (exact) mass is 406 g/mol. The molecule has 0 spiro atoms. The highest BCUT2D eigenvalue weighted by Crippen LogP contribution is 2.44. The van der Waals surface area contributed by atoms with Crippen LogP contribution in [-0.4, -0.2) is 25.7 Å². The molecule has 1 atom stereocenters. The lowest BCUT2D eigenvalue weighted by Gasteiger charge is -2.30. The molecule has 150 valence electrons. The number of aryl methyl sites for hydroxylation is 1. The molecule has 0 aliphatic carbocycles. The van der Waals surface area contributed by atoms with Gasteiger partial charge in [0, 0.05) is 18.0 Å². The van der Waals surface area contributed by atoms with Crippen molar-refractivity contribution >= 4 is 17.5 Å². The number of fused-ring (bicyclic) bond motifs is 2. The summed E-state index contributed by atoms with van der Waals surface area (Å²) in [4.78, 5) is 9.19. The quantitative estimate of drug-likeness (QED) is 0.491. The van der Waals surface area contributed by atoms with Gasteiger partial charge in [-0.1, -0.05) is 36.4 Å². The smallest absolute Gasteiger partial charge is 0.253 e. The Balaban J connectivity index is 1.59. The van der Waals surface area contributed by atoms with Gasteiger partial charge < -0.3 is 0 Å². The summed E-state index contributed by atoms with van der Waals surface area (Å²) in [7, 11) is 0. The Morgan fingerprint density at radius 3 is 2.16 bits per heavy atom. The average Bonchev–Trinajstić information content (AvgIpc) is 3.41. The van der Waals surface area contributed by atoms with Crippen LogP contribution < -0.4 is 5.01 Å². The predicted molar refractivity (Wildman–Crippen MR) is 117 cm³/mol. The van der Waals surface area contributed by atoms with Crippen LogP contribution in [0.25, 0.3) is 5.69 Å². The van der Waals surface area contributed by atoms with E-state index in [1.165, 1.54) is 0 Å². The maximum atomic E-state index is 5.00. The Hall–Kier alpha value is -4.33. The topological polar surface area (TPSA) is 74.3 Å². The number of nitrogens with zero attached hydrogens (tertiary/aromatic N) is 8. The normalized spacial score (nSPS) is 16.8. The highest BCUT2D eigenvalue weighted by molar-refractivity contribution is 5.99. The third-order valence-electron chi connectivity index (χ3n) is 5.45. The summed E-state index contributed by atoms with van der Waals surface area (Å²) in [5.41, 5.74) is 4.81. The minimum Gasteiger partial charge on any atom is -0.265 e. The van der Waals surface area contributed by atoms with E-state index < -0.39 is 0 Å². The van der Waals surface area contributed by atoms with Crippen LogP contribution in [0.5, 0.6) is 0 Å². The summed E-state index contributed by atoms with van der Waals surface area (Å²) in [6.07, 6.45) is 3.58. The van der Waals surface area contributed by atoms with E-state index in [2.05, 4.69) is 15.4 Å². The van der Waals surface area contributed by atoms with Crippen LogP contribution in [0, 0.1) is 6.92 Å². The van der Waals surface area contributed by atoms with Gasteiger partial charge in [-0.3, -0.25) is 4.98 Å². The second kappa shape index (κ2) is 6.88. The third-order valence-corrected chi connectivity index (χ3v) is 5.45. The molecule has 2 aliphatic rings. The minimum absolute atomic E-state index is 0.208. The highest BCUT2D eigenvalue weighted by Gasteiger charge is 2.42. The van der Waals surface area contributed by atoms with E-state index in [1.807, 2.05) is 89.4 Å². The Kier molecular flexibility index (Phi) is 3.89. The maximum absolute atomic E-state index is 5.00. The molecular weight excluding hydrogens is 388 g/mol. The number of hydrogen-bond donors (Lipinski definition) is 0. The highest BCUT2D eigenvalue weighted by atomic mass is 15.8. The fourth-order valence-corrected chi connectivity index (χ4v) is 4.04. The molecule has 4 heterocycles. The molecule has 0 amide bonds. The first-order chi connectivity index (χ1) is 15.3. The molecule has 2 aliphatic heterocycles. The van der Waals surface area contributed by atoms with Crippen LogP contribution in [0.4, 0.5) is 11.5 Å². The molecule has 8 nitrogen and oxygen atoms in total. The van der Waals surface area contributed by atoms with Crippen molar-refractivity contribution in [2.75, 3.05) is 5.01 Å². The first-order valence-corrected chi connectivity index (χ1v) is 10.0. The fourth-order valence-electron chi connectivity index (χ4n) is 4.04. The van der Waals surface area contributed by atoms with Gasteiger partial charge in [0.2, 0.25) is 0 Å². The molecule has 0 bridgehead atoms. The molecule has 0 unspecified atom stereocenters. The largest absolute Gasteiger partial charge is 0.265 e. The molecule has 2 aromatic heterocycles. The van der Waals surface area contributed by atoms with Gasteiger partial charge in [-0.05, 0) is 59.3 Å². The van der Waals surface area contributed by atoms with Crippen LogP contribution in [0.2, 0.25) is 0 Å². The van der Waals surface area contributed by atoms with E-state index in [0.29, 0.717) is 5.96 Å². The molecule has 8 heteroatoms. The number of para-hydroxylation sites is 2. The maximum Gasteiger partial charge on any atom is 0.253 e. The van der Waals surface area contributed by atoms with Crippen LogP contribution in [0.3, 0.4) is 0 Å². The number of rotatable bonds is 3. The molecule has 2 aromatic carbocycles. The summed E-state index contributed by atoms with van der Waals surface area (Å²) in [6, 6.07) is 23.7. The standard InChI is InChI=1S/C23H18N8/c1-16-20-21(17-12-14-24-15-13-17)31-23(30(27-28-31)19-10-6-3-7-11-19)25-22(20)29(26-16)18-8-4-2-5-9-18/h2-15,21H,1H3/t21-/m1/s1. The number of benzene rings is 2. The average molecular weight is 406 g/mol. The lowest BCUT2D eigenvalue weighted by molar-refractivity contribution is 0.365. The van der Waals surface area contributed by atoms with Gasteiger partial charge in [0.15, 0.2) is 5.82 Å². The van der Waals surface area contributed by atoms with Gasteiger partial charge in [0.05, 0.1) is 17.1 Å². The van der Waals surface area contributed by atoms with Crippen molar-refractivity contribution in [2.24, 2.45) is 15.4 Å². The lowest BCUT2D eigenvalue weighted by Crippen LogP contribution is -2.38. The Bertz CT molecular complexity index is 1300. The first kappa shape index (κ1) is 17.5. The van der Waals surface area contributed by atoms with Crippen LogP contribution in [0.15, 0.2) is 101 Å². The predicted octanol–water partition coefficient (Wildman–Crippen LogP) is 4.77. The van der Waals surface area contributed by atoms with Gasteiger partial charge in [-0.2, -0.15) is 20.1 Å². The molecule has 6 rings (SSSR count). The summed E-state index contributed by atoms with van der Waals surface area (Å²) in [6.45, 7) is 2.01. The minimum atomic E-state index is -0.208. The molecule has 0 radical (unpaired) electrons. The van der Waals surface area contributed by atoms with Gasteiger partial charge in [-0.15, -0.1) is 0 Å². The summed E-state index contributed by atoms with van der Waals surface area (Å²) < 4.78 is 1.89. The van der Waals surface area contributed by atoms with E-state index in [9.17, 15) is 0 Å². The van der Waals surface area contributed by atoms with Gasteiger partial charge in [-0.25, -0.2) is 4.68 Å². The molecule has 0 saturated carbocycles. The SMILES string of the molecule is Cc1nn(-c2ccccc2)c2c1[C@@H](c1ccncc1)N1N=NN(c3ccccc3)C1=N2. The van der Waals surface area contributed by atoms with Gasteiger partial charge in [0.25, 0.3) is 5.96 Å². The van der Waals surface area contributed by atoms with Crippen molar-refractivity contribution in [3.8, 4) is 5.69 Å². The molecule has 0 fully saturated rings. The van der Waals surface area contributed by atoms with Crippen LogP contribution in [-0.2, 0) is 0 Å². The zero-order valence-electron chi connectivity index (χ0n) is 16.7. The van der Waals surface area contributed by atoms with E-state index in [4.69, 9.17) is 10.1 Å². The number of aromatic nitrogens is 3. The van der Waals surface area contributed by atoms with Crippen molar-refractivity contribution < 1.29 is 0 Å². The summed E-state index contributed by atoms with van der Waals surface area (Å²) >= 11 is 0. The molecule has 31 heavy (non-hydrogen) atoms. The second-order valence-corrected chi connectivity index (χ2v) is 7.34. The van der Waals surface area contributed by atoms with Gasteiger partial charge >= 0.3 is 0 Å². The van der Waals surface area contributed by atoms with Gasteiger partial charge in [0.1, 0.15) is 6.04 Å². The summed E-state index contributed by atoms with van der Waals surface area (Å²) in [5.74, 6) is 1.42. The number of anilines is 1. The number of hydrogen-bond acceptors (Lipinski definition) is 7. The Labute approximate surface area is 178 Å².